The fourth-order valence-electron chi connectivity index (χ4n) is 2.11. The van der Waals surface area contributed by atoms with Crippen LogP contribution < -0.4 is 10.6 Å². The highest BCUT2D eigenvalue weighted by Gasteiger charge is 2.07. The maximum absolute atomic E-state index is 4.27. The molecule has 0 aliphatic rings. The predicted octanol–water partition coefficient (Wildman–Crippen LogP) is 3.88. The second-order valence-electron chi connectivity index (χ2n) is 5.03. The summed E-state index contributed by atoms with van der Waals surface area (Å²) in [5.41, 5.74) is 1.34. The molecule has 22 heavy (non-hydrogen) atoms. The van der Waals surface area contributed by atoms with Crippen LogP contribution in [0.1, 0.15) is 23.3 Å². The van der Waals surface area contributed by atoms with Gasteiger partial charge in [0.05, 0.1) is 0 Å². The van der Waals surface area contributed by atoms with Crippen LogP contribution in [0.25, 0.3) is 0 Å². The molecule has 1 unspecified atom stereocenters. The molecule has 2 N–H and O–H groups in total. The Morgan fingerprint density at radius 2 is 1.91 bits per heavy atom. The highest BCUT2D eigenvalue weighted by Crippen LogP contribution is 2.19. The maximum atomic E-state index is 4.27. The van der Waals surface area contributed by atoms with Crippen molar-refractivity contribution in [1.82, 2.24) is 10.6 Å². The Balaban J connectivity index is 0.00000242. The zero-order chi connectivity index (χ0) is 14.9. The van der Waals surface area contributed by atoms with Gasteiger partial charge in [0.15, 0.2) is 5.96 Å². The van der Waals surface area contributed by atoms with Crippen LogP contribution >= 0.6 is 35.3 Å². The van der Waals surface area contributed by atoms with Crippen molar-refractivity contribution >= 4 is 41.3 Å². The van der Waals surface area contributed by atoms with Gasteiger partial charge in [0.2, 0.25) is 0 Å². The highest BCUT2D eigenvalue weighted by atomic mass is 127. The molecule has 0 saturated heterocycles. The summed E-state index contributed by atoms with van der Waals surface area (Å²) in [6, 6.07) is 14.8. The van der Waals surface area contributed by atoms with Gasteiger partial charge in [-0.05, 0) is 23.4 Å². The Kier molecular flexibility index (Phi) is 9.15. The first kappa shape index (κ1) is 19.0. The summed E-state index contributed by atoms with van der Waals surface area (Å²) in [4.78, 5) is 5.68. The van der Waals surface area contributed by atoms with Crippen LogP contribution in [0.15, 0.2) is 52.8 Å². The summed E-state index contributed by atoms with van der Waals surface area (Å²) in [6.45, 7) is 4.01. The van der Waals surface area contributed by atoms with Crippen LogP contribution in [0.2, 0.25) is 0 Å². The summed E-state index contributed by atoms with van der Waals surface area (Å²) < 4.78 is 0. The van der Waals surface area contributed by atoms with Crippen molar-refractivity contribution in [1.29, 1.82) is 0 Å². The average Bonchev–Trinajstić information content (AvgIpc) is 3.06. The SMILES string of the molecule is CN=C(NCCc1ccccc1)NCC(C)c1cccs1.I. The van der Waals surface area contributed by atoms with Crippen molar-refractivity contribution in [3.8, 4) is 0 Å². The quantitative estimate of drug-likeness (QED) is 0.416. The fourth-order valence-corrected chi connectivity index (χ4v) is 2.90. The summed E-state index contributed by atoms with van der Waals surface area (Å²) in [7, 11) is 1.81. The number of benzene rings is 1. The largest absolute Gasteiger partial charge is 0.356 e. The Morgan fingerprint density at radius 1 is 1.14 bits per heavy atom. The molecule has 3 nitrogen and oxygen atoms in total. The molecule has 0 fully saturated rings. The minimum absolute atomic E-state index is 0. The number of halogens is 1. The molecule has 0 aliphatic heterocycles. The number of hydrogen-bond donors (Lipinski definition) is 2. The maximum Gasteiger partial charge on any atom is 0.191 e. The molecular weight excluding hydrogens is 405 g/mol. The average molecular weight is 429 g/mol. The van der Waals surface area contributed by atoms with Crippen LogP contribution in [0, 0.1) is 0 Å². The van der Waals surface area contributed by atoms with Gasteiger partial charge in [-0.2, -0.15) is 0 Å². The molecule has 0 spiro atoms. The lowest BCUT2D eigenvalue weighted by Crippen LogP contribution is -2.39. The first-order valence-electron chi connectivity index (χ1n) is 7.31. The monoisotopic (exact) mass is 429 g/mol. The Bertz CT molecular complexity index is 540. The predicted molar refractivity (Wildman–Crippen MR) is 108 cm³/mol. The van der Waals surface area contributed by atoms with E-state index in [0.29, 0.717) is 5.92 Å². The van der Waals surface area contributed by atoms with Crippen molar-refractivity contribution in [2.24, 2.45) is 4.99 Å². The van der Waals surface area contributed by atoms with Crippen LogP contribution in [-0.2, 0) is 6.42 Å². The fraction of sp³-hybridized carbons (Fsp3) is 0.353. The molecule has 0 bridgehead atoms. The number of rotatable bonds is 6. The minimum Gasteiger partial charge on any atom is -0.356 e. The Morgan fingerprint density at radius 3 is 2.55 bits per heavy atom. The Hall–Kier alpha value is -1.08. The number of nitrogens with one attached hydrogen (secondary N) is 2. The van der Waals surface area contributed by atoms with Gasteiger partial charge in [-0.25, -0.2) is 0 Å². The van der Waals surface area contributed by atoms with E-state index in [1.54, 1.807) is 11.3 Å². The first-order valence-corrected chi connectivity index (χ1v) is 8.19. The van der Waals surface area contributed by atoms with Crippen molar-refractivity contribution in [2.45, 2.75) is 19.3 Å². The molecule has 120 valence electrons. The second kappa shape index (κ2) is 10.6. The molecule has 0 saturated carbocycles. The minimum atomic E-state index is 0. The number of thiophene rings is 1. The lowest BCUT2D eigenvalue weighted by molar-refractivity contribution is 0.707. The molecule has 2 aromatic rings. The lowest BCUT2D eigenvalue weighted by Gasteiger charge is -2.15. The third kappa shape index (κ3) is 6.36. The molecule has 0 radical (unpaired) electrons. The van der Waals surface area contributed by atoms with E-state index >= 15 is 0 Å². The molecule has 0 amide bonds. The van der Waals surface area contributed by atoms with Crippen molar-refractivity contribution in [3.63, 3.8) is 0 Å². The van der Waals surface area contributed by atoms with Crippen LogP contribution in [0.5, 0.6) is 0 Å². The van der Waals surface area contributed by atoms with E-state index in [-0.39, 0.29) is 24.0 Å². The Labute approximate surface area is 154 Å². The van der Waals surface area contributed by atoms with Gasteiger partial charge < -0.3 is 10.6 Å². The summed E-state index contributed by atoms with van der Waals surface area (Å²) in [5.74, 6) is 1.37. The van der Waals surface area contributed by atoms with Gasteiger partial charge in [0.1, 0.15) is 0 Å². The van der Waals surface area contributed by atoms with Gasteiger partial charge in [0.25, 0.3) is 0 Å². The number of nitrogens with zero attached hydrogens (tertiary/aromatic N) is 1. The topological polar surface area (TPSA) is 36.4 Å². The lowest BCUT2D eigenvalue weighted by atomic mass is 10.1. The van der Waals surface area contributed by atoms with Gasteiger partial charge in [-0.15, -0.1) is 35.3 Å². The van der Waals surface area contributed by atoms with E-state index in [1.807, 2.05) is 13.1 Å². The van der Waals surface area contributed by atoms with E-state index in [4.69, 9.17) is 0 Å². The van der Waals surface area contributed by atoms with E-state index in [1.165, 1.54) is 10.4 Å². The molecule has 5 heteroatoms. The normalized spacial score (nSPS) is 12.4. The van der Waals surface area contributed by atoms with Gasteiger partial charge >= 0.3 is 0 Å². The highest BCUT2D eigenvalue weighted by molar-refractivity contribution is 14.0. The summed E-state index contributed by atoms with van der Waals surface area (Å²) in [6.07, 6.45) is 1.00. The zero-order valence-corrected chi connectivity index (χ0v) is 16.2. The molecule has 1 heterocycles. The molecular formula is C17H24IN3S. The van der Waals surface area contributed by atoms with Crippen molar-refractivity contribution in [2.75, 3.05) is 20.1 Å². The molecule has 1 aromatic heterocycles. The molecule has 1 aromatic carbocycles. The first-order chi connectivity index (χ1) is 10.3. The van der Waals surface area contributed by atoms with Crippen LogP contribution in [0.4, 0.5) is 0 Å². The number of guanidine groups is 1. The number of hydrogen-bond acceptors (Lipinski definition) is 2. The van der Waals surface area contributed by atoms with Crippen molar-refractivity contribution in [3.05, 3.63) is 58.3 Å². The van der Waals surface area contributed by atoms with Crippen LogP contribution in [-0.4, -0.2) is 26.1 Å². The van der Waals surface area contributed by atoms with E-state index in [2.05, 4.69) is 64.3 Å². The van der Waals surface area contributed by atoms with E-state index in [0.717, 1.165) is 25.5 Å². The summed E-state index contributed by atoms with van der Waals surface area (Å²) >= 11 is 1.81. The van der Waals surface area contributed by atoms with E-state index in [9.17, 15) is 0 Å². The van der Waals surface area contributed by atoms with Crippen molar-refractivity contribution < 1.29 is 0 Å². The number of aliphatic imine (C=N–C) groups is 1. The second-order valence-corrected chi connectivity index (χ2v) is 6.01. The third-order valence-electron chi connectivity index (χ3n) is 3.38. The summed E-state index contributed by atoms with van der Waals surface area (Å²) in [5, 5.41) is 8.87. The van der Waals surface area contributed by atoms with Gasteiger partial charge in [-0.3, -0.25) is 4.99 Å². The molecule has 0 aliphatic carbocycles. The third-order valence-corrected chi connectivity index (χ3v) is 4.48. The van der Waals surface area contributed by atoms with Crippen LogP contribution in [0.3, 0.4) is 0 Å². The smallest absolute Gasteiger partial charge is 0.191 e. The van der Waals surface area contributed by atoms with Gasteiger partial charge in [-0.1, -0.05) is 43.3 Å². The molecule has 2 rings (SSSR count). The molecule has 1 atom stereocenters. The standard InChI is InChI=1S/C17H23N3S.HI/c1-14(16-9-6-12-21-16)13-20-17(18-2)19-11-10-15-7-4-3-5-8-15;/h3-9,12,14H,10-11,13H2,1-2H3,(H2,18,19,20);1H. The zero-order valence-electron chi connectivity index (χ0n) is 13.1. The van der Waals surface area contributed by atoms with Gasteiger partial charge in [0, 0.05) is 30.9 Å². The van der Waals surface area contributed by atoms with E-state index < -0.39 is 0 Å².